The van der Waals surface area contributed by atoms with Gasteiger partial charge in [0.05, 0.1) is 0 Å². The van der Waals surface area contributed by atoms with E-state index in [1.807, 2.05) is 0 Å². The molecule has 0 bridgehead atoms. The highest BCUT2D eigenvalue weighted by molar-refractivity contribution is 5.01. The maximum Gasteiger partial charge on any atom is -0.00151 e. The van der Waals surface area contributed by atoms with Crippen molar-refractivity contribution in [3.05, 3.63) is 0 Å². The van der Waals surface area contributed by atoms with Gasteiger partial charge in [0.15, 0.2) is 0 Å². The fourth-order valence-electron chi connectivity index (χ4n) is 3.67. The Morgan fingerprint density at radius 3 is 1.92 bits per heavy atom. The molecule has 76 valence electrons. The number of rotatable bonds is 2. The minimum Gasteiger partial charge on any atom is -0.316 e. The van der Waals surface area contributed by atoms with E-state index in [9.17, 15) is 0 Å². The highest BCUT2D eigenvalue weighted by Crippen LogP contribution is 2.55. The SMILES string of the molecule is CCC1CNCC(CC)C12CCC2. The zero-order valence-corrected chi connectivity index (χ0v) is 9.10. The molecule has 2 rings (SSSR count). The quantitative estimate of drug-likeness (QED) is 0.690. The van der Waals surface area contributed by atoms with Gasteiger partial charge in [0.25, 0.3) is 0 Å². The molecule has 1 spiro atoms. The van der Waals surface area contributed by atoms with Gasteiger partial charge in [-0.05, 0) is 43.2 Å². The highest BCUT2D eigenvalue weighted by atomic mass is 14.9. The number of nitrogens with one attached hydrogen (secondary N) is 1. The van der Waals surface area contributed by atoms with E-state index in [0.717, 1.165) is 17.3 Å². The predicted octanol–water partition coefficient (Wildman–Crippen LogP) is 2.81. The van der Waals surface area contributed by atoms with E-state index in [1.165, 1.54) is 45.2 Å². The first-order chi connectivity index (χ1) is 6.33. The minimum atomic E-state index is 0.773. The van der Waals surface area contributed by atoms with Crippen molar-refractivity contribution in [3.8, 4) is 0 Å². The van der Waals surface area contributed by atoms with Gasteiger partial charge in [-0.25, -0.2) is 0 Å². The molecule has 2 aliphatic rings. The molecule has 0 radical (unpaired) electrons. The average Bonchev–Trinajstić information content (AvgIpc) is 2.13. The van der Waals surface area contributed by atoms with E-state index in [-0.39, 0.29) is 0 Å². The van der Waals surface area contributed by atoms with Gasteiger partial charge in [-0.1, -0.05) is 33.1 Å². The zero-order chi connectivity index (χ0) is 9.31. The van der Waals surface area contributed by atoms with E-state index >= 15 is 0 Å². The first kappa shape index (κ1) is 9.51. The molecule has 1 nitrogen and oxygen atoms in total. The van der Waals surface area contributed by atoms with E-state index in [4.69, 9.17) is 0 Å². The third kappa shape index (κ3) is 1.32. The van der Waals surface area contributed by atoms with Gasteiger partial charge in [-0.3, -0.25) is 0 Å². The number of hydrogen-bond donors (Lipinski definition) is 1. The van der Waals surface area contributed by atoms with Crippen LogP contribution in [0, 0.1) is 17.3 Å². The summed E-state index contributed by atoms with van der Waals surface area (Å²) in [6.45, 7) is 7.30. The third-order valence-corrected chi connectivity index (χ3v) is 4.68. The Kier molecular flexibility index (Phi) is 2.64. The summed E-state index contributed by atoms with van der Waals surface area (Å²) in [6, 6.07) is 0. The van der Waals surface area contributed by atoms with Crippen LogP contribution in [0.25, 0.3) is 0 Å². The molecule has 0 aromatic heterocycles. The molecule has 1 N–H and O–H groups in total. The number of piperidine rings is 1. The topological polar surface area (TPSA) is 12.0 Å². The molecule has 2 fully saturated rings. The fraction of sp³-hybridized carbons (Fsp3) is 1.00. The van der Waals surface area contributed by atoms with Crippen molar-refractivity contribution in [2.75, 3.05) is 13.1 Å². The van der Waals surface area contributed by atoms with Crippen molar-refractivity contribution in [3.63, 3.8) is 0 Å². The van der Waals surface area contributed by atoms with Crippen LogP contribution >= 0.6 is 0 Å². The Hall–Kier alpha value is -0.0400. The number of hydrogen-bond acceptors (Lipinski definition) is 1. The second-order valence-corrected chi connectivity index (χ2v) is 4.96. The summed E-state index contributed by atoms with van der Waals surface area (Å²) in [7, 11) is 0. The van der Waals surface area contributed by atoms with Gasteiger partial charge in [0, 0.05) is 0 Å². The van der Waals surface area contributed by atoms with Crippen LogP contribution in [0.3, 0.4) is 0 Å². The van der Waals surface area contributed by atoms with Crippen LogP contribution in [0.4, 0.5) is 0 Å². The molecule has 1 saturated heterocycles. The van der Waals surface area contributed by atoms with Crippen molar-refractivity contribution in [1.82, 2.24) is 5.32 Å². The fourth-order valence-corrected chi connectivity index (χ4v) is 3.67. The molecule has 1 heteroatoms. The summed E-state index contributed by atoms with van der Waals surface area (Å²) >= 11 is 0. The maximum atomic E-state index is 3.61. The first-order valence-electron chi connectivity index (χ1n) is 6.04. The van der Waals surface area contributed by atoms with Gasteiger partial charge in [-0.15, -0.1) is 0 Å². The van der Waals surface area contributed by atoms with Gasteiger partial charge in [-0.2, -0.15) is 0 Å². The molecule has 13 heavy (non-hydrogen) atoms. The average molecular weight is 181 g/mol. The van der Waals surface area contributed by atoms with Crippen LogP contribution in [0.5, 0.6) is 0 Å². The lowest BCUT2D eigenvalue weighted by Gasteiger charge is -2.56. The third-order valence-electron chi connectivity index (χ3n) is 4.68. The second kappa shape index (κ2) is 3.61. The largest absolute Gasteiger partial charge is 0.316 e. The molecule has 1 heterocycles. The smallest absolute Gasteiger partial charge is 0.00151 e. The predicted molar refractivity (Wildman–Crippen MR) is 56.7 cm³/mol. The van der Waals surface area contributed by atoms with E-state index in [0.29, 0.717) is 0 Å². The van der Waals surface area contributed by atoms with Gasteiger partial charge < -0.3 is 5.32 Å². The summed E-state index contributed by atoms with van der Waals surface area (Å²) in [5, 5.41) is 3.61. The van der Waals surface area contributed by atoms with Gasteiger partial charge in [0.2, 0.25) is 0 Å². The first-order valence-corrected chi connectivity index (χ1v) is 6.04. The minimum absolute atomic E-state index is 0.773. The normalized spacial score (nSPS) is 37.4. The van der Waals surface area contributed by atoms with Crippen LogP contribution in [0.15, 0.2) is 0 Å². The Morgan fingerprint density at radius 1 is 1.08 bits per heavy atom. The van der Waals surface area contributed by atoms with Crippen LogP contribution in [-0.2, 0) is 0 Å². The van der Waals surface area contributed by atoms with Crippen molar-refractivity contribution in [2.45, 2.75) is 46.0 Å². The summed E-state index contributed by atoms with van der Waals surface area (Å²) < 4.78 is 0. The summed E-state index contributed by atoms with van der Waals surface area (Å²) in [5.41, 5.74) is 0.773. The Morgan fingerprint density at radius 2 is 1.62 bits per heavy atom. The van der Waals surface area contributed by atoms with Crippen LogP contribution in [0.1, 0.15) is 46.0 Å². The van der Waals surface area contributed by atoms with Crippen molar-refractivity contribution >= 4 is 0 Å². The van der Waals surface area contributed by atoms with E-state index in [2.05, 4.69) is 19.2 Å². The van der Waals surface area contributed by atoms with Crippen molar-refractivity contribution < 1.29 is 0 Å². The lowest BCUT2D eigenvalue weighted by atomic mass is 9.52. The molecule has 1 saturated carbocycles. The molecule has 1 aliphatic carbocycles. The van der Waals surface area contributed by atoms with E-state index in [1.54, 1.807) is 0 Å². The van der Waals surface area contributed by atoms with Crippen LogP contribution in [-0.4, -0.2) is 13.1 Å². The van der Waals surface area contributed by atoms with Crippen molar-refractivity contribution in [1.29, 1.82) is 0 Å². The van der Waals surface area contributed by atoms with Crippen LogP contribution < -0.4 is 5.32 Å². The maximum absolute atomic E-state index is 3.61. The standard InChI is InChI=1S/C12H23N/c1-3-10-8-13-9-11(4-2)12(10)6-5-7-12/h10-11,13H,3-9H2,1-2H3. The van der Waals surface area contributed by atoms with Gasteiger partial charge in [0.1, 0.15) is 0 Å². The molecule has 1 aliphatic heterocycles. The Balaban J connectivity index is 2.11. The molecule has 0 amide bonds. The second-order valence-electron chi connectivity index (χ2n) is 4.96. The zero-order valence-electron chi connectivity index (χ0n) is 9.10. The van der Waals surface area contributed by atoms with E-state index < -0.39 is 0 Å². The molecular formula is C12H23N. The van der Waals surface area contributed by atoms with Crippen molar-refractivity contribution in [2.24, 2.45) is 17.3 Å². The monoisotopic (exact) mass is 181 g/mol. The Bertz CT molecular complexity index is 158. The summed E-state index contributed by atoms with van der Waals surface area (Å²) in [4.78, 5) is 0. The highest BCUT2D eigenvalue weighted by Gasteiger charge is 2.49. The molecule has 0 aromatic carbocycles. The molecule has 2 atom stereocenters. The molecule has 0 aromatic rings. The Labute approximate surface area is 82.3 Å². The van der Waals surface area contributed by atoms with Crippen LogP contribution in [0.2, 0.25) is 0 Å². The lowest BCUT2D eigenvalue weighted by Crippen LogP contribution is -2.54. The lowest BCUT2D eigenvalue weighted by molar-refractivity contribution is -0.0439. The summed E-state index contributed by atoms with van der Waals surface area (Å²) in [6.07, 6.45) is 7.29. The summed E-state index contributed by atoms with van der Waals surface area (Å²) in [5.74, 6) is 1.94. The van der Waals surface area contributed by atoms with Gasteiger partial charge >= 0.3 is 0 Å². The molecule has 2 unspecified atom stereocenters. The molecular weight excluding hydrogens is 158 g/mol.